The Labute approximate surface area is 251 Å². The van der Waals surface area contributed by atoms with Gasteiger partial charge in [0.15, 0.2) is 0 Å². The third-order valence-electron chi connectivity index (χ3n) is 6.34. The largest absolute Gasteiger partial charge is 0.489 e. The second kappa shape index (κ2) is 12.8. The number of anilines is 1. The molecule has 1 aromatic heterocycles. The number of rotatable bonds is 10. The van der Waals surface area contributed by atoms with E-state index in [0.717, 1.165) is 11.1 Å². The number of aromatic nitrogens is 3. The molecule has 0 bridgehead atoms. The van der Waals surface area contributed by atoms with Crippen LogP contribution in [0.25, 0.3) is 0 Å². The first kappa shape index (κ1) is 28.7. The molecule has 1 aliphatic rings. The van der Waals surface area contributed by atoms with Gasteiger partial charge in [-0.1, -0.05) is 84.0 Å². The number of benzene rings is 3. The van der Waals surface area contributed by atoms with Gasteiger partial charge in [-0.25, -0.2) is 13.9 Å². The van der Waals surface area contributed by atoms with Crippen LogP contribution in [0, 0.1) is 5.82 Å². The zero-order chi connectivity index (χ0) is 28.9. The summed E-state index contributed by atoms with van der Waals surface area (Å²) in [5, 5.41) is 9.40. The average molecular weight is 612 g/mol. The van der Waals surface area contributed by atoms with E-state index in [1.807, 2.05) is 36.4 Å². The van der Waals surface area contributed by atoms with Crippen molar-refractivity contribution in [1.29, 1.82) is 0 Å². The van der Waals surface area contributed by atoms with Crippen LogP contribution < -0.4 is 10.1 Å². The van der Waals surface area contributed by atoms with E-state index in [4.69, 9.17) is 37.8 Å². The molecule has 1 N–H and O–H groups in total. The highest BCUT2D eigenvalue weighted by Gasteiger charge is 2.35. The highest BCUT2D eigenvalue weighted by molar-refractivity contribution is 7.98. The van der Waals surface area contributed by atoms with Crippen LogP contribution >= 0.6 is 35.0 Å². The van der Waals surface area contributed by atoms with Gasteiger partial charge in [0.05, 0.1) is 10.6 Å². The predicted octanol–water partition coefficient (Wildman–Crippen LogP) is 7.61. The van der Waals surface area contributed by atoms with Crippen molar-refractivity contribution in [2.75, 3.05) is 11.9 Å². The summed E-state index contributed by atoms with van der Waals surface area (Å²) < 4.78 is 27.1. The van der Waals surface area contributed by atoms with Crippen molar-refractivity contribution in [2.45, 2.75) is 30.5 Å². The van der Waals surface area contributed by atoms with E-state index in [-0.39, 0.29) is 18.8 Å². The van der Waals surface area contributed by atoms with Crippen LogP contribution in [0.2, 0.25) is 10.0 Å². The third kappa shape index (κ3) is 6.43. The number of hydrogen-bond donors (Lipinski definition) is 1. The lowest BCUT2D eigenvalue weighted by molar-refractivity contribution is -0.138. The molecule has 11 heteroatoms. The summed E-state index contributed by atoms with van der Waals surface area (Å²) in [5.74, 6) is 0.638. The number of carbonyl (C=O) groups excluding carboxylic acids is 1. The third-order valence-corrected chi connectivity index (χ3v) is 7.95. The maximum atomic E-state index is 14.2. The van der Waals surface area contributed by atoms with Gasteiger partial charge in [0, 0.05) is 22.0 Å². The number of carbonyl (C=O) groups is 1. The van der Waals surface area contributed by atoms with Gasteiger partial charge >= 0.3 is 5.97 Å². The van der Waals surface area contributed by atoms with E-state index in [9.17, 15) is 9.18 Å². The lowest BCUT2D eigenvalue weighted by atomic mass is 9.96. The molecule has 0 spiro atoms. The molecular formula is C30H25Cl2FN4O3S. The van der Waals surface area contributed by atoms with Crippen LogP contribution in [0.5, 0.6) is 5.75 Å². The Bertz CT molecular complexity index is 1600. The minimum atomic E-state index is -0.624. The zero-order valence-corrected chi connectivity index (χ0v) is 24.3. The molecule has 2 heterocycles. The van der Waals surface area contributed by atoms with E-state index >= 15 is 0 Å². The Hall–Kier alpha value is -3.79. The number of hydrogen-bond acceptors (Lipinski definition) is 7. The van der Waals surface area contributed by atoms with Crippen molar-refractivity contribution in [1.82, 2.24) is 14.8 Å². The molecule has 210 valence electrons. The Morgan fingerprint density at radius 2 is 1.88 bits per heavy atom. The fourth-order valence-electron chi connectivity index (χ4n) is 4.31. The first-order valence-corrected chi connectivity index (χ1v) is 14.3. The topological polar surface area (TPSA) is 78.3 Å². The summed E-state index contributed by atoms with van der Waals surface area (Å²) in [4.78, 5) is 17.8. The SMILES string of the molecule is C=CCOC(=O)C1=C(C)Nc2nc(SCc3ccccc3Cl)nn2C1c1ccc(OCc2c(F)cccc2Cl)cc1. The Balaban J connectivity index is 1.42. The summed E-state index contributed by atoms with van der Waals surface area (Å²) in [6.45, 7) is 5.46. The van der Waals surface area contributed by atoms with Crippen molar-refractivity contribution in [3.8, 4) is 5.75 Å². The number of allylic oxidation sites excluding steroid dienone is 1. The van der Waals surface area contributed by atoms with E-state index < -0.39 is 17.8 Å². The van der Waals surface area contributed by atoms with E-state index in [1.54, 1.807) is 35.9 Å². The molecule has 1 atom stereocenters. The molecule has 5 rings (SSSR count). The minimum Gasteiger partial charge on any atom is -0.489 e. The summed E-state index contributed by atoms with van der Waals surface area (Å²) in [6, 6.07) is 18.6. The molecular weight excluding hydrogens is 586 g/mol. The number of thioether (sulfide) groups is 1. The molecule has 0 saturated carbocycles. The molecule has 1 aliphatic heterocycles. The summed E-state index contributed by atoms with van der Waals surface area (Å²) in [6.07, 6.45) is 1.51. The minimum absolute atomic E-state index is 0.0322. The maximum absolute atomic E-state index is 14.2. The fourth-order valence-corrected chi connectivity index (χ4v) is 5.64. The predicted molar refractivity (Wildman–Crippen MR) is 159 cm³/mol. The van der Waals surface area contributed by atoms with E-state index in [2.05, 4.69) is 16.9 Å². The van der Waals surface area contributed by atoms with Gasteiger partial charge in [0.1, 0.15) is 30.8 Å². The Kier molecular flexibility index (Phi) is 8.97. The molecule has 4 aromatic rings. The van der Waals surface area contributed by atoms with Crippen molar-refractivity contribution in [2.24, 2.45) is 0 Å². The number of nitrogens with zero attached hydrogens (tertiary/aromatic N) is 3. The van der Waals surface area contributed by atoms with E-state index in [1.165, 1.54) is 23.9 Å². The summed E-state index contributed by atoms with van der Waals surface area (Å²) >= 11 is 13.9. The lowest BCUT2D eigenvalue weighted by Gasteiger charge is -2.28. The molecule has 1 unspecified atom stereocenters. The van der Waals surface area contributed by atoms with Gasteiger partial charge < -0.3 is 14.8 Å². The first-order valence-electron chi connectivity index (χ1n) is 12.6. The van der Waals surface area contributed by atoms with Crippen LogP contribution in [0.1, 0.15) is 29.7 Å². The van der Waals surface area contributed by atoms with Gasteiger partial charge in [-0.3, -0.25) is 0 Å². The number of esters is 1. The molecule has 0 fully saturated rings. The van der Waals surface area contributed by atoms with Crippen LogP contribution in [0.4, 0.5) is 10.3 Å². The fraction of sp³-hybridized carbons (Fsp3) is 0.167. The van der Waals surface area contributed by atoms with E-state index in [0.29, 0.717) is 43.9 Å². The van der Waals surface area contributed by atoms with Crippen molar-refractivity contribution >= 4 is 46.9 Å². The normalized spacial score (nSPS) is 14.3. The van der Waals surface area contributed by atoms with Gasteiger partial charge in [0.2, 0.25) is 11.1 Å². The highest BCUT2D eigenvalue weighted by Crippen LogP contribution is 2.38. The molecule has 0 amide bonds. The lowest BCUT2D eigenvalue weighted by Crippen LogP contribution is -2.29. The maximum Gasteiger partial charge on any atom is 0.338 e. The van der Waals surface area contributed by atoms with Crippen molar-refractivity contribution in [3.05, 3.63) is 123 Å². The molecule has 0 radical (unpaired) electrons. The molecule has 0 saturated heterocycles. The first-order chi connectivity index (χ1) is 19.9. The van der Waals surface area contributed by atoms with Crippen LogP contribution in [-0.4, -0.2) is 27.3 Å². The smallest absolute Gasteiger partial charge is 0.338 e. The van der Waals surface area contributed by atoms with Gasteiger partial charge in [0.25, 0.3) is 0 Å². The average Bonchev–Trinajstić information content (AvgIpc) is 3.37. The molecule has 41 heavy (non-hydrogen) atoms. The zero-order valence-electron chi connectivity index (χ0n) is 21.9. The van der Waals surface area contributed by atoms with Crippen LogP contribution in [0.3, 0.4) is 0 Å². The second-order valence-corrected chi connectivity index (χ2v) is 10.8. The van der Waals surface area contributed by atoms with Gasteiger partial charge in [-0.15, -0.1) is 5.10 Å². The van der Waals surface area contributed by atoms with Crippen LogP contribution in [-0.2, 0) is 21.9 Å². The number of nitrogens with one attached hydrogen (secondary N) is 1. The Morgan fingerprint density at radius 1 is 1.12 bits per heavy atom. The summed E-state index contributed by atoms with van der Waals surface area (Å²) in [5.41, 5.74) is 2.98. The highest BCUT2D eigenvalue weighted by atomic mass is 35.5. The van der Waals surface area contributed by atoms with Crippen molar-refractivity contribution < 1.29 is 18.7 Å². The molecule has 3 aromatic carbocycles. The van der Waals surface area contributed by atoms with Gasteiger partial charge in [-0.2, -0.15) is 4.98 Å². The molecule has 7 nitrogen and oxygen atoms in total. The van der Waals surface area contributed by atoms with Gasteiger partial charge in [-0.05, 0) is 48.4 Å². The van der Waals surface area contributed by atoms with Crippen LogP contribution in [0.15, 0.2) is 95.8 Å². The molecule has 0 aliphatic carbocycles. The second-order valence-electron chi connectivity index (χ2n) is 9.05. The summed E-state index contributed by atoms with van der Waals surface area (Å²) in [7, 11) is 0. The quantitative estimate of drug-likeness (QED) is 0.112. The van der Waals surface area contributed by atoms with Crippen molar-refractivity contribution in [3.63, 3.8) is 0 Å². The number of halogens is 3. The number of fused-ring (bicyclic) bond motifs is 1. The standard InChI is InChI=1S/C30H25Cl2FN4O3S/c1-3-15-39-28(38)26-18(2)34-29-35-30(41-17-20-7-4-5-8-23(20)31)36-37(29)27(26)19-11-13-21(14-12-19)40-16-22-24(32)9-6-10-25(22)33/h3-14,27H,1,15-17H2,2H3,(H,34,35,36). The monoisotopic (exact) mass is 610 g/mol. The Morgan fingerprint density at radius 3 is 2.61 bits per heavy atom. The number of ether oxygens (including phenoxy) is 2.